The van der Waals surface area contributed by atoms with Crippen LogP contribution in [0.3, 0.4) is 0 Å². The molecule has 1 unspecified atom stereocenters. The van der Waals surface area contributed by atoms with Gasteiger partial charge in [-0.25, -0.2) is 4.98 Å². The van der Waals surface area contributed by atoms with Gasteiger partial charge in [-0.2, -0.15) is 0 Å². The Morgan fingerprint density at radius 3 is 2.66 bits per heavy atom. The molecule has 0 aliphatic carbocycles. The summed E-state index contributed by atoms with van der Waals surface area (Å²) in [7, 11) is 2.16. The largest absolute Gasteiger partial charge is 0.494 e. The van der Waals surface area contributed by atoms with E-state index in [4.69, 9.17) is 4.99 Å². The molecular formula is C23H27N5O. The highest BCUT2D eigenvalue weighted by molar-refractivity contribution is 5.66. The summed E-state index contributed by atoms with van der Waals surface area (Å²) in [6, 6.07) is 8.30. The van der Waals surface area contributed by atoms with Gasteiger partial charge in [-0.15, -0.1) is 0 Å². The standard InChI is InChI=1S/C23H27N5O/c1-14-10-18(17-4-5-20-24-15(2)12-28(20)13-17)11-19-21(14)25-22(26-23(19)29)16-6-8-27(3)9-7-16/h4-5,10-13,16,22,26,29H,6-9H2,1-3H3. The molecule has 0 spiro atoms. The Morgan fingerprint density at radius 1 is 1.07 bits per heavy atom. The van der Waals surface area contributed by atoms with E-state index in [9.17, 15) is 5.11 Å². The Labute approximate surface area is 170 Å². The van der Waals surface area contributed by atoms with Gasteiger partial charge in [0.2, 0.25) is 0 Å². The molecule has 0 saturated carbocycles. The van der Waals surface area contributed by atoms with Gasteiger partial charge in [0.05, 0.1) is 16.3 Å². The number of nitrogens with one attached hydrogen (secondary N) is 1. The number of fused-ring (bicyclic) bond motifs is 2. The van der Waals surface area contributed by atoms with E-state index < -0.39 is 0 Å². The van der Waals surface area contributed by atoms with Gasteiger partial charge >= 0.3 is 0 Å². The summed E-state index contributed by atoms with van der Waals surface area (Å²) in [4.78, 5) is 11.9. The van der Waals surface area contributed by atoms with Crippen LogP contribution in [0, 0.1) is 19.8 Å². The van der Waals surface area contributed by atoms with Crippen molar-refractivity contribution in [2.75, 3.05) is 20.1 Å². The highest BCUT2D eigenvalue weighted by Crippen LogP contribution is 2.23. The second kappa shape index (κ2) is 6.88. The predicted octanol–water partition coefficient (Wildman–Crippen LogP) is 2.13. The Hall–Kier alpha value is -2.86. The third kappa shape index (κ3) is 3.27. The number of hydrogen-bond donors (Lipinski definition) is 2. The van der Waals surface area contributed by atoms with E-state index in [1.165, 1.54) is 0 Å². The molecule has 0 radical (unpaired) electrons. The van der Waals surface area contributed by atoms with Crippen LogP contribution in [-0.4, -0.2) is 45.7 Å². The molecule has 0 amide bonds. The van der Waals surface area contributed by atoms with Crippen LogP contribution in [0.1, 0.15) is 24.1 Å². The van der Waals surface area contributed by atoms with Crippen molar-refractivity contribution in [1.29, 1.82) is 0 Å². The van der Waals surface area contributed by atoms with Gasteiger partial charge in [0.1, 0.15) is 11.8 Å². The molecule has 4 heterocycles. The molecule has 1 atom stereocenters. The van der Waals surface area contributed by atoms with Crippen LogP contribution in [0.15, 0.2) is 41.7 Å². The number of piperidine rings is 1. The maximum absolute atomic E-state index is 10.8. The summed E-state index contributed by atoms with van der Waals surface area (Å²) in [6.45, 7) is 6.24. The number of aromatic nitrogens is 2. The van der Waals surface area contributed by atoms with Crippen molar-refractivity contribution < 1.29 is 5.11 Å². The van der Waals surface area contributed by atoms with Crippen LogP contribution in [0.25, 0.3) is 22.7 Å². The molecule has 6 nitrogen and oxygen atoms in total. The number of likely N-dealkylation sites (tertiary alicyclic amines) is 1. The van der Waals surface area contributed by atoms with E-state index in [0.717, 1.165) is 64.5 Å². The molecule has 1 aromatic carbocycles. The van der Waals surface area contributed by atoms with E-state index >= 15 is 0 Å². The molecule has 1 fully saturated rings. The molecule has 2 aliphatic heterocycles. The third-order valence-corrected chi connectivity index (χ3v) is 6.22. The number of aryl methyl sites for hydroxylation is 2. The number of imidazole rings is 1. The molecule has 2 aliphatic rings. The molecule has 150 valence electrons. The van der Waals surface area contributed by atoms with Crippen molar-refractivity contribution in [3.8, 4) is 11.1 Å². The Kier molecular flexibility index (Phi) is 4.32. The molecule has 1 saturated heterocycles. The highest BCUT2D eigenvalue weighted by atomic mass is 16.3. The second-order valence-electron chi connectivity index (χ2n) is 8.46. The van der Waals surface area contributed by atoms with Crippen molar-refractivity contribution in [2.45, 2.75) is 32.9 Å². The number of nitrogens with zero attached hydrogens (tertiary/aromatic N) is 4. The lowest BCUT2D eigenvalue weighted by Gasteiger charge is -2.34. The molecular weight excluding hydrogens is 362 g/mol. The molecule has 6 heteroatoms. The van der Waals surface area contributed by atoms with Gasteiger partial charge in [0.15, 0.2) is 5.88 Å². The predicted molar refractivity (Wildman–Crippen MR) is 114 cm³/mol. The van der Waals surface area contributed by atoms with Crippen molar-refractivity contribution in [3.05, 3.63) is 58.5 Å². The quantitative estimate of drug-likeness (QED) is 0.705. The number of benzene rings is 1. The zero-order valence-electron chi connectivity index (χ0n) is 17.2. The van der Waals surface area contributed by atoms with Crippen molar-refractivity contribution >= 4 is 11.5 Å². The van der Waals surface area contributed by atoms with E-state index in [1.807, 2.05) is 29.7 Å². The average Bonchev–Trinajstić information content (AvgIpc) is 3.08. The lowest BCUT2D eigenvalue weighted by Crippen LogP contribution is -2.49. The fraction of sp³-hybridized carbons (Fsp3) is 0.391. The van der Waals surface area contributed by atoms with Crippen molar-refractivity contribution in [2.24, 2.45) is 10.9 Å². The molecule has 2 aromatic heterocycles. The summed E-state index contributed by atoms with van der Waals surface area (Å²) < 4.78 is 2.04. The minimum absolute atomic E-state index is 0.0500. The van der Waals surface area contributed by atoms with Gasteiger partial charge in [0.25, 0.3) is 0 Å². The van der Waals surface area contributed by atoms with E-state index in [2.05, 4.69) is 47.5 Å². The second-order valence-corrected chi connectivity index (χ2v) is 8.46. The monoisotopic (exact) mass is 389 g/mol. The van der Waals surface area contributed by atoms with Gasteiger partial charge in [0, 0.05) is 18.3 Å². The maximum atomic E-state index is 10.8. The van der Waals surface area contributed by atoms with Crippen molar-refractivity contribution in [3.63, 3.8) is 0 Å². The first-order valence-electron chi connectivity index (χ1n) is 10.3. The van der Waals surface area contributed by atoms with Gasteiger partial charge in [-0.3, -0.25) is 4.99 Å². The Balaban J connectivity index is 1.55. The summed E-state index contributed by atoms with van der Waals surface area (Å²) in [5.41, 5.74) is 5.18. The summed E-state index contributed by atoms with van der Waals surface area (Å²) in [6.07, 6.45) is 6.26. The summed E-state index contributed by atoms with van der Waals surface area (Å²) >= 11 is 0. The SMILES string of the molecule is Cc1cn2cc(-c3cc(C)c4c(c3)=C(O)NC(C3CCN(C)CC3)N=4)ccc2n1. The van der Waals surface area contributed by atoms with E-state index in [-0.39, 0.29) is 12.0 Å². The van der Waals surface area contributed by atoms with E-state index in [0.29, 0.717) is 5.92 Å². The van der Waals surface area contributed by atoms with Crippen LogP contribution in [0.4, 0.5) is 0 Å². The zero-order chi connectivity index (χ0) is 20.1. The van der Waals surface area contributed by atoms with Crippen LogP contribution in [0.2, 0.25) is 0 Å². The zero-order valence-corrected chi connectivity index (χ0v) is 17.2. The highest BCUT2D eigenvalue weighted by Gasteiger charge is 2.27. The minimum Gasteiger partial charge on any atom is -0.494 e. The van der Waals surface area contributed by atoms with Crippen LogP contribution in [-0.2, 0) is 0 Å². The van der Waals surface area contributed by atoms with Gasteiger partial charge in [-0.05, 0) is 87.8 Å². The van der Waals surface area contributed by atoms with Crippen LogP contribution in [0.5, 0.6) is 0 Å². The lowest BCUT2D eigenvalue weighted by molar-refractivity contribution is 0.186. The third-order valence-electron chi connectivity index (χ3n) is 6.22. The summed E-state index contributed by atoms with van der Waals surface area (Å²) in [5, 5.41) is 15.8. The normalized spacial score (nSPS) is 20.4. The maximum Gasteiger partial charge on any atom is 0.195 e. The smallest absolute Gasteiger partial charge is 0.195 e. The average molecular weight is 390 g/mol. The minimum atomic E-state index is -0.0500. The summed E-state index contributed by atoms with van der Waals surface area (Å²) in [5.74, 6) is 0.691. The molecule has 2 N–H and O–H groups in total. The fourth-order valence-electron chi connectivity index (χ4n) is 4.54. The number of hydrogen-bond acceptors (Lipinski definition) is 5. The number of pyridine rings is 1. The molecule has 0 bridgehead atoms. The van der Waals surface area contributed by atoms with E-state index in [1.54, 1.807) is 0 Å². The first-order valence-corrected chi connectivity index (χ1v) is 10.3. The molecule has 5 rings (SSSR count). The lowest BCUT2D eigenvalue weighted by atomic mass is 9.93. The van der Waals surface area contributed by atoms with Gasteiger partial charge < -0.3 is 19.7 Å². The van der Waals surface area contributed by atoms with Crippen LogP contribution >= 0.6 is 0 Å². The Morgan fingerprint density at radius 2 is 1.86 bits per heavy atom. The first-order chi connectivity index (χ1) is 14.0. The number of rotatable bonds is 2. The van der Waals surface area contributed by atoms with Gasteiger partial charge in [-0.1, -0.05) is 0 Å². The number of aliphatic hydroxyl groups excluding tert-OH is 1. The molecule has 29 heavy (non-hydrogen) atoms. The Bertz CT molecular complexity index is 1200. The fourth-order valence-corrected chi connectivity index (χ4v) is 4.54. The van der Waals surface area contributed by atoms with Crippen LogP contribution < -0.4 is 15.9 Å². The number of aliphatic hydroxyl groups is 1. The topological polar surface area (TPSA) is 65.2 Å². The molecule has 3 aromatic rings. The first kappa shape index (κ1) is 18.2. The van der Waals surface area contributed by atoms with Crippen molar-refractivity contribution in [1.82, 2.24) is 19.6 Å².